The molecule has 2 amide bonds. The van der Waals surface area contributed by atoms with E-state index in [9.17, 15) is 27.9 Å². The van der Waals surface area contributed by atoms with Gasteiger partial charge in [0.15, 0.2) is 0 Å². The van der Waals surface area contributed by atoms with E-state index in [-0.39, 0.29) is 41.5 Å². The topological polar surface area (TPSA) is 135 Å². The minimum absolute atomic E-state index is 0.0218. The Labute approximate surface area is 365 Å². The lowest BCUT2D eigenvalue weighted by molar-refractivity contribution is -0.137. The summed E-state index contributed by atoms with van der Waals surface area (Å²) in [6, 6.07) is 12.9. The second-order valence-electron chi connectivity index (χ2n) is 16.6. The standard InChI is InChI=1S/C42H52F4N10O3S.C2H6/c1-41(2,59)27-56-26-30(23-48-56)38-34(42(44,45)46)24-47-40(51-38)49-36-10-8-32(22-35(36)43)60-52(3)16-17-53-14-12-28(13-15-53)25-54-18-20-55(21-19-54)31-6-4-29(5-7-31)33-9-11-37(57)50-39(33)58;1-2/h4-8,10,22-24,26,28,33,59H,9,11-21,25,27H2,1-3H3,(H,47,49,51)(H,50,57,58);1-2H3. The summed E-state index contributed by atoms with van der Waals surface area (Å²) >= 11 is 1.42. The smallest absolute Gasteiger partial charge is 0.389 e. The van der Waals surface area contributed by atoms with E-state index in [2.05, 4.69) is 56.8 Å². The number of nitrogens with one attached hydrogen (secondary N) is 2. The molecule has 3 saturated heterocycles. The van der Waals surface area contributed by atoms with Crippen molar-refractivity contribution in [3.63, 3.8) is 0 Å². The van der Waals surface area contributed by atoms with E-state index >= 15 is 4.39 Å². The minimum Gasteiger partial charge on any atom is -0.389 e. The second-order valence-corrected chi connectivity index (χ2v) is 17.8. The van der Waals surface area contributed by atoms with Gasteiger partial charge in [-0.2, -0.15) is 18.3 Å². The van der Waals surface area contributed by atoms with Gasteiger partial charge in [-0.05, 0) is 107 Å². The normalized spacial score (nSPS) is 18.4. The summed E-state index contributed by atoms with van der Waals surface area (Å²) in [5, 5.41) is 19.3. The zero-order chi connectivity index (χ0) is 44.6. The van der Waals surface area contributed by atoms with Crippen LogP contribution in [0.4, 0.5) is 34.9 Å². The number of carbonyl (C=O) groups excluding carboxylic acids is 2. The molecule has 2 aromatic heterocycles. The van der Waals surface area contributed by atoms with E-state index in [0.29, 0.717) is 29.9 Å². The zero-order valence-corrected chi connectivity index (χ0v) is 36.9. The number of piperidine rings is 2. The van der Waals surface area contributed by atoms with Crippen molar-refractivity contribution < 1.29 is 32.3 Å². The number of likely N-dealkylation sites (N-methyl/N-ethyl adjacent to an activating group) is 1. The molecule has 5 heterocycles. The molecule has 7 rings (SSSR count). The highest BCUT2D eigenvalue weighted by atomic mass is 32.2. The van der Waals surface area contributed by atoms with Gasteiger partial charge in [0, 0.05) is 80.8 Å². The number of halogens is 4. The van der Waals surface area contributed by atoms with Crippen molar-refractivity contribution in [1.82, 2.24) is 39.2 Å². The number of piperazine rings is 1. The van der Waals surface area contributed by atoms with Crippen molar-refractivity contribution in [2.24, 2.45) is 5.92 Å². The number of aliphatic hydroxyl groups is 1. The highest BCUT2D eigenvalue weighted by Gasteiger charge is 2.36. The Hall–Kier alpha value is -4.62. The van der Waals surface area contributed by atoms with Crippen molar-refractivity contribution in [3.8, 4) is 11.3 Å². The summed E-state index contributed by atoms with van der Waals surface area (Å²) in [5.41, 5.74) is -0.387. The second kappa shape index (κ2) is 20.7. The third kappa shape index (κ3) is 12.7. The van der Waals surface area contributed by atoms with Crippen LogP contribution in [0.3, 0.4) is 0 Å². The summed E-state index contributed by atoms with van der Waals surface area (Å²) in [7, 11) is 1.97. The first-order valence-corrected chi connectivity index (χ1v) is 22.1. The Morgan fingerprint density at radius 1 is 0.952 bits per heavy atom. The molecule has 0 aliphatic carbocycles. The molecule has 2 aromatic carbocycles. The monoisotopic (exact) mass is 882 g/mol. The summed E-state index contributed by atoms with van der Waals surface area (Å²) in [5.74, 6) is -0.815. The van der Waals surface area contributed by atoms with Gasteiger partial charge in [0.05, 0.1) is 35.6 Å². The number of benzene rings is 2. The molecule has 0 bridgehead atoms. The molecular weight excluding hydrogens is 825 g/mol. The van der Waals surface area contributed by atoms with Crippen LogP contribution in [0.5, 0.6) is 0 Å². The molecule has 0 saturated carbocycles. The summed E-state index contributed by atoms with van der Waals surface area (Å²) in [6.07, 6.45) is 1.75. The number of aromatic nitrogens is 4. The summed E-state index contributed by atoms with van der Waals surface area (Å²) < 4.78 is 60.4. The number of alkyl halides is 3. The van der Waals surface area contributed by atoms with Crippen LogP contribution >= 0.6 is 11.9 Å². The van der Waals surface area contributed by atoms with E-state index in [1.54, 1.807) is 19.9 Å². The molecule has 62 heavy (non-hydrogen) atoms. The molecule has 13 nitrogen and oxygen atoms in total. The van der Waals surface area contributed by atoms with Gasteiger partial charge in [-0.15, -0.1) is 0 Å². The summed E-state index contributed by atoms with van der Waals surface area (Å²) in [6.45, 7) is 16.0. The van der Waals surface area contributed by atoms with Gasteiger partial charge in [0.2, 0.25) is 17.8 Å². The zero-order valence-electron chi connectivity index (χ0n) is 36.1. The Balaban J connectivity index is 0.00000316. The van der Waals surface area contributed by atoms with Gasteiger partial charge in [-0.1, -0.05) is 26.0 Å². The van der Waals surface area contributed by atoms with Gasteiger partial charge < -0.3 is 20.2 Å². The van der Waals surface area contributed by atoms with E-state index in [4.69, 9.17) is 0 Å². The third-order valence-corrected chi connectivity index (χ3v) is 12.2. The van der Waals surface area contributed by atoms with Crippen LogP contribution in [-0.2, 0) is 22.3 Å². The molecule has 4 aromatic rings. The van der Waals surface area contributed by atoms with Crippen molar-refractivity contribution in [2.45, 2.75) is 82.5 Å². The van der Waals surface area contributed by atoms with Gasteiger partial charge >= 0.3 is 6.18 Å². The summed E-state index contributed by atoms with van der Waals surface area (Å²) in [4.78, 5) is 39.8. The van der Waals surface area contributed by atoms with Crippen molar-refractivity contribution in [3.05, 3.63) is 78.0 Å². The number of carbonyl (C=O) groups is 2. The van der Waals surface area contributed by atoms with Crippen LogP contribution in [0.2, 0.25) is 0 Å². The van der Waals surface area contributed by atoms with Crippen LogP contribution in [0.1, 0.15) is 70.4 Å². The van der Waals surface area contributed by atoms with E-state index < -0.39 is 28.9 Å². The third-order valence-electron chi connectivity index (χ3n) is 11.2. The molecule has 0 radical (unpaired) electrons. The molecule has 1 atom stereocenters. The van der Waals surface area contributed by atoms with Crippen LogP contribution < -0.4 is 15.5 Å². The fourth-order valence-corrected chi connectivity index (χ4v) is 8.81. The first-order chi connectivity index (χ1) is 29.6. The molecule has 18 heteroatoms. The molecule has 1 unspecified atom stereocenters. The van der Waals surface area contributed by atoms with Gasteiger partial charge in [0.25, 0.3) is 0 Å². The van der Waals surface area contributed by atoms with Gasteiger partial charge in [-0.25, -0.2) is 18.7 Å². The Kier molecular flexibility index (Phi) is 15.7. The average Bonchev–Trinajstić information content (AvgIpc) is 3.69. The number of nitrogens with zero attached hydrogens (tertiary/aromatic N) is 8. The van der Waals surface area contributed by atoms with Crippen molar-refractivity contribution >= 4 is 41.1 Å². The van der Waals surface area contributed by atoms with Crippen LogP contribution in [0.25, 0.3) is 11.3 Å². The number of rotatable bonds is 14. The number of hydrogen-bond donors (Lipinski definition) is 3. The fourth-order valence-electron chi connectivity index (χ4n) is 8.00. The van der Waals surface area contributed by atoms with Gasteiger partial charge in [0.1, 0.15) is 11.4 Å². The molecule has 3 aliphatic heterocycles. The van der Waals surface area contributed by atoms with Crippen molar-refractivity contribution in [1.29, 1.82) is 0 Å². The lowest BCUT2D eigenvalue weighted by Gasteiger charge is -2.40. The minimum atomic E-state index is -4.74. The number of amides is 2. The molecule has 3 aliphatic rings. The van der Waals surface area contributed by atoms with Crippen LogP contribution in [-0.4, -0.2) is 122 Å². The Bertz CT molecular complexity index is 2110. The highest BCUT2D eigenvalue weighted by molar-refractivity contribution is 7.97. The maximum Gasteiger partial charge on any atom is 0.419 e. The molecule has 336 valence electrons. The number of likely N-dealkylation sites (tertiary alicyclic amines) is 1. The maximum absolute atomic E-state index is 15.3. The Morgan fingerprint density at radius 2 is 1.66 bits per heavy atom. The average molecular weight is 883 g/mol. The maximum atomic E-state index is 15.3. The number of imide groups is 1. The lowest BCUT2D eigenvalue weighted by atomic mass is 9.90. The number of hydrogen-bond acceptors (Lipinski definition) is 12. The Morgan fingerprint density at radius 3 is 2.31 bits per heavy atom. The molecular formula is C44H58F4N10O3S. The van der Waals surface area contributed by atoms with Crippen LogP contribution in [0, 0.1) is 11.7 Å². The van der Waals surface area contributed by atoms with E-state index in [0.717, 1.165) is 83.0 Å². The van der Waals surface area contributed by atoms with E-state index in [1.807, 2.05) is 33.0 Å². The van der Waals surface area contributed by atoms with Crippen molar-refractivity contribution in [2.75, 3.05) is 76.2 Å². The van der Waals surface area contributed by atoms with E-state index in [1.165, 1.54) is 41.2 Å². The quantitative estimate of drug-likeness (QED) is 0.0682. The molecule has 3 N–H and O–H groups in total. The lowest BCUT2D eigenvalue weighted by Crippen LogP contribution is -2.49. The molecule has 0 spiro atoms. The molecule has 3 fully saturated rings. The predicted molar refractivity (Wildman–Crippen MR) is 233 cm³/mol. The fraction of sp³-hybridized carbons (Fsp3) is 0.523. The first kappa shape index (κ1) is 46.9. The largest absolute Gasteiger partial charge is 0.419 e. The predicted octanol–water partition coefficient (Wildman–Crippen LogP) is 7.03. The van der Waals surface area contributed by atoms with Gasteiger partial charge in [-0.3, -0.25) is 24.5 Å². The first-order valence-electron chi connectivity index (χ1n) is 21.3. The van der Waals surface area contributed by atoms with Crippen LogP contribution in [0.15, 0.2) is 66.0 Å². The SMILES string of the molecule is CC.CN(CCN1CCC(CN2CCN(c3ccc(C4CCC(=O)NC4=O)cc3)CC2)CC1)Sc1ccc(Nc2ncc(C(F)(F)F)c(-c3cnn(CC(C)(C)O)c3)n2)c(F)c1. The number of anilines is 3. The highest BCUT2D eigenvalue weighted by Crippen LogP contribution is 2.37.